The van der Waals surface area contributed by atoms with Gasteiger partial charge >= 0.3 is 6.09 Å². The van der Waals surface area contributed by atoms with Gasteiger partial charge in [0.15, 0.2) is 0 Å². The smallest absolute Gasteiger partial charge is 0.408 e. The van der Waals surface area contributed by atoms with E-state index in [2.05, 4.69) is 29.5 Å². The summed E-state index contributed by atoms with van der Waals surface area (Å²) in [5.41, 5.74) is 2.29. The van der Waals surface area contributed by atoms with Gasteiger partial charge in [-0.25, -0.2) is 4.79 Å². The number of carbonyl (C=O) groups excluding carboxylic acids is 5. The monoisotopic (exact) mass is 580 g/mol. The van der Waals surface area contributed by atoms with E-state index in [4.69, 9.17) is 4.74 Å². The van der Waals surface area contributed by atoms with Crippen molar-refractivity contribution in [3.05, 3.63) is 48.0 Å². The van der Waals surface area contributed by atoms with Crippen LogP contribution < -0.4 is 16.0 Å². The van der Waals surface area contributed by atoms with Gasteiger partial charge in [0.2, 0.25) is 17.6 Å². The third-order valence-electron chi connectivity index (χ3n) is 8.81. The van der Waals surface area contributed by atoms with Gasteiger partial charge in [0.25, 0.3) is 5.91 Å². The Morgan fingerprint density at radius 1 is 1.05 bits per heavy atom. The predicted octanol–water partition coefficient (Wildman–Crippen LogP) is 2.83. The van der Waals surface area contributed by atoms with Crippen LogP contribution in [0.2, 0.25) is 0 Å². The summed E-state index contributed by atoms with van der Waals surface area (Å²) in [6.45, 7) is 7.96. The van der Waals surface area contributed by atoms with Crippen molar-refractivity contribution in [1.29, 1.82) is 0 Å². The van der Waals surface area contributed by atoms with Crippen LogP contribution in [-0.2, 0) is 36.8 Å². The number of benzene rings is 1. The standard InChI is InChI=1S/C32H44N4O6/c1-4-10-24(28(37)30(39)33-16-5-2)34-29(38)25-14-9-17-36(25)31(40)27(23-18-21-12-6-7-13-22(21)19-23)35-32(41)42-26-15-8-11-20(26)3/h5-7,12-13,20,23-27H,2,4,8-11,14-19H2,1,3H3,(H,33,39)(H,34,38)(H,35,41)/t20?,24?,25-,26?,27-/m0/s1. The van der Waals surface area contributed by atoms with Crippen molar-refractivity contribution in [3.8, 4) is 0 Å². The van der Waals surface area contributed by atoms with Crippen LogP contribution >= 0.6 is 0 Å². The van der Waals surface area contributed by atoms with Crippen molar-refractivity contribution >= 4 is 29.6 Å². The molecule has 1 aromatic carbocycles. The summed E-state index contributed by atoms with van der Waals surface area (Å²) in [6.07, 6.45) is 6.66. The summed E-state index contributed by atoms with van der Waals surface area (Å²) in [7, 11) is 0. The summed E-state index contributed by atoms with van der Waals surface area (Å²) in [5.74, 6) is -2.23. The Bertz CT molecular complexity index is 1160. The fourth-order valence-corrected chi connectivity index (χ4v) is 6.51. The quantitative estimate of drug-likeness (QED) is 0.257. The molecule has 0 radical (unpaired) electrons. The number of rotatable bonds is 12. The molecule has 3 N–H and O–H groups in total. The van der Waals surface area contributed by atoms with Gasteiger partial charge in [-0.05, 0) is 74.3 Å². The molecule has 0 spiro atoms. The number of amides is 4. The molecule has 1 aliphatic heterocycles. The summed E-state index contributed by atoms with van der Waals surface area (Å²) >= 11 is 0. The maximum atomic E-state index is 14.1. The minimum Gasteiger partial charge on any atom is -0.446 e. The first-order chi connectivity index (χ1) is 20.2. The number of hydrogen-bond acceptors (Lipinski definition) is 6. The Morgan fingerprint density at radius 3 is 2.38 bits per heavy atom. The van der Waals surface area contributed by atoms with Crippen LogP contribution in [0, 0.1) is 11.8 Å². The molecule has 0 aromatic heterocycles. The number of ketones is 1. The largest absolute Gasteiger partial charge is 0.446 e. The van der Waals surface area contributed by atoms with E-state index >= 15 is 0 Å². The number of ether oxygens (including phenoxy) is 1. The highest BCUT2D eigenvalue weighted by Gasteiger charge is 2.43. The molecule has 5 atom stereocenters. The van der Waals surface area contributed by atoms with Crippen LogP contribution in [0.4, 0.5) is 4.79 Å². The number of fused-ring (bicyclic) bond motifs is 1. The molecule has 1 aromatic rings. The van der Waals surface area contributed by atoms with Crippen molar-refractivity contribution in [2.24, 2.45) is 11.8 Å². The molecule has 4 amide bonds. The van der Waals surface area contributed by atoms with E-state index in [1.807, 2.05) is 31.2 Å². The molecule has 1 heterocycles. The fraction of sp³-hybridized carbons (Fsp3) is 0.594. The normalized spacial score (nSPS) is 23.0. The van der Waals surface area contributed by atoms with Gasteiger partial charge in [-0.15, -0.1) is 6.58 Å². The number of carbonyl (C=O) groups is 5. The highest BCUT2D eigenvalue weighted by atomic mass is 16.6. The summed E-state index contributed by atoms with van der Waals surface area (Å²) in [4.78, 5) is 67.3. The van der Waals surface area contributed by atoms with Gasteiger partial charge in [0.05, 0.1) is 6.04 Å². The first-order valence-electron chi connectivity index (χ1n) is 15.3. The SMILES string of the molecule is C=CCNC(=O)C(=O)C(CCC)NC(=O)[C@@H]1CCCN1C(=O)[C@@H](NC(=O)OC1CCCC1C)C1Cc2ccccc2C1. The third-order valence-corrected chi connectivity index (χ3v) is 8.81. The maximum Gasteiger partial charge on any atom is 0.408 e. The molecular formula is C32H44N4O6. The molecule has 3 aliphatic rings. The minimum atomic E-state index is -0.994. The summed E-state index contributed by atoms with van der Waals surface area (Å²) in [6, 6.07) is 5.34. The van der Waals surface area contributed by atoms with E-state index < -0.39 is 41.8 Å². The predicted molar refractivity (Wildman–Crippen MR) is 157 cm³/mol. The first-order valence-corrected chi connectivity index (χ1v) is 15.3. The number of Topliss-reactive ketones (excluding diaryl/α,β-unsaturated/α-hetero) is 1. The van der Waals surface area contributed by atoms with Crippen LogP contribution in [-0.4, -0.2) is 71.8 Å². The number of nitrogens with zero attached hydrogens (tertiary/aromatic N) is 1. The highest BCUT2D eigenvalue weighted by Crippen LogP contribution is 2.32. The average molecular weight is 581 g/mol. The number of likely N-dealkylation sites (tertiary alicyclic amines) is 1. The number of alkyl carbamates (subject to hydrolysis) is 1. The second kappa shape index (κ2) is 14.5. The van der Waals surface area contributed by atoms with Crippen molar-refractivity contribution < 1.29 is 28.7 Å². The van der Waals surface area contributed by atoms with Crippen molar-refractivity contribution in [2.45, 2.75) is 95.9 Å². The van der Waals surface area contributed by atoms with Crippen molar-refractivity contribution in [1.82, 2.24) is 20.9 Å². The Morgan fingerprint density at radius 2 is 1.76 bits per heavy atom. The fourth-order valence-electron chi connectivity index (χ4n) is 6.51. The van der Waals surface area contributed by atoms with E-state index in [0.29, 0.717) is 45.1 Å². The lowest BCUT2D eigenvalue weighted by Crippen LogP contribution is -2.58. The lowest BCUT2D eigenvalue weighted by atomic mass is 9.95. The number of nitrogens with one attached hydrogen (secondary N) is 3. The molecule has 42 heavy (non-hydrogen) atoms. The van der Waals surface area contributed by atoms with Crippen LogP contribution in [0.1, 0.15) is 69.9 Å². The van der Waals surface area contributed by atoms with Crippen LogP contribution in [0.3, 0.4) is 0 Å². The van der Waals surface area contributed by atoms with Crippen LogP contribution in [0.5, 0.6) is 0 Å². The van der Waals surface area contributed by atoms with E-state index in [-0.39, 0.29) is 30.4 Å². The summed E-state index contributed by atoms with van der Waals surface area (Å²) < 4.78 is 5.75. The molecule has 228 valence electrons. The second-order valence-electron chi connectivity index (χ2n) is 11.8. The molecule has 2 fully saturated rings. The van der Waals surface area contributed by atoms with Crippen molar-refractivity contribution in [3.63, 3.8) is 0 Å². The maximum absolute atomic E-state index is 14.1. The Kier molecular flexibility index (Phi) is 10.8. The third kappa shape index (κ3) is 7.38. The highest BCUT2D eigenvalue weighted by molar-refractivity contribution is 6.38. The van der Waals surface area contributed by atoms with Gasteiger partial charge in [0, 0.05) is 13.1 Å². The van der Waals surface area contributed by atoms with Crippen LogP contribution in [0.25, 0.3) is 0 Å². The molecule has 10 nitrogen and oxygen atoms in total. The van der Waals surface area contributed by atoms with Gasteiger partial charge in [-0.3, -0.25) is 19.2 Å². The van der Waals surface area contributed by atoms with E-state index in [0.717, 1.165) is 30.4 Å². The van der Waals surface area contributed by atoms with Gasteiger partial charge in [-0.2, -0.15) is 0 Å². The number of hydrogen-bond donors (Lipinski definition) is 3. The van der Waals surface area contributed by atoms with E-state index in [1.54, 1.807) is 0 Å². The topological polar surface area (TPSA) is 134 Å². The zero-order valence-electron chi connectivity index (χ0n) is 24.7. The molecule has 1 saturated heterocycles. The lowest BCUT2D eigenvalue weighted by molar-refractivity contribution is -0.143. The molecule has 2 aliphatic carbocycles. The molecular weight excluding hydrogens is 536 g/mol. The van der Waals surface area contributed by atoms with Crippen LogP contribution in [0.15, 0.2) is 36.9 Å². The second-order valence-corrected chi connectivity index (χ2v) is 11.8. The zero-order chi connectivity index (χ0) is 30.2. The van der Waals surface area contributed by atoms with Gasteiger partial charge in [-0.1, -0.05) is 50.6 Å². The first kappa shape index (κ1) is 31.3. The minimum absolute atomic E-state index is 0.143. The molecule has 10 heteroatoms. The molecule has 0 bridgehead atoms. The van der Waals surface area contributed by atoms with Gasteiger partial charge < -0.3 is 25.6 Å². The Labute approximate surface area is 248 Å². The molecule has 3 unspecified atom stereocenters. The summed E-state index contributed by atoms with van der Waals surface area (Å²) in [5, 5.41) is 8.10. The molecule has 1 saturated carbocycles. The zero-order valence-corrected chi connectivity index (χ0v) is 24.7. The van der Waals surface area contributed by atoms with Gasteiger partial charge in [0.1, 0.15) is 18.2 Å². The molecule has 4 rings (SSSR count). The lowest BCUT2D eigenvalue weighted by Gasteiger charge is -2.32. The van der Waals surface area contributed by atoms with Crippen molar-refractivity contribution in [2.75, 3.05) is 13.1 Å². The Balaban J connectivity index is 1.49. The van der Waals surface area contributed by atoms with E-state index in [9.17, 15) is 24.0 Å². The Hall–Kier alpha value is -3.69. The van der Waals surface area contributed by atoms with E-state index in [1.165, 1.54) is 11.0 Å². The average Bonchev–Trinajstić information content (AvgIpc) is 3.73.